The lowest BCUT2D eigenvalue weighted by atomic mass is 9.90. The fourth-order valence-electron chi connectivity index (χ4n) is 5.21. The van der Waals surface area contributed by atoms with Crippen LogP contribution in [0.4, 0.5) is 0 Å². The fourth-order valence-corrected chi connectivity index (χ4v) is 5.21. The number of para-hydroxylation sites is 1. The Kier molecular flexibility index (Phi) is 8.61. The van der Waals surface area contributed by atoms with Crippen LogP contribution in [0.2, 0.25) is 0 Å². The number of ether oxygens (including phenoxy) is 2. The molecule has 2 aliphatic rings. The third kappa shape index (κ3) is 5.95. The molecule has 1 saturated carbocycles. The summed E-state index contributed by atoms with van der Waals surface area (Å²) in [5, 5.41) is 0. The highest BCUT2D eigenvalue weighted by Crippen LogP contribution is 2.31. The van der Waals surface area contributed by atoms with Crippen LogP contribution in [0.5, 0.6) is 11.6 Å². The van der Waals surface area contributed by atoms with Crippen LogP contribution in [-0.4, -0.2) is 65.5 Å². The monoisotopic (exact) mass is 479 g/mol. The molecule has 1 aliphatic carbocycles. The van der Waals surface area contributed by atoms with Gasteiger partial charge in [0.05, 0.1) is 18.7 Å². The van der Waals surface area contributed by atoms with E-state index in [-0.39, 0.29) is 24.0 Å². The van der Waals surface area contributed by atoms with Crippen LogP contribution in [0.1, 0.15) is 79.1 Å². The number of carbonyl (C=O) groups is 2. The number of rotatable bonds is 3. The molecule has 2 heterocycles. The number of amides is 2. The van der Waals surface area contributed by atoms with Crippen LogP contribution in [0, 0.1) is 0 Å². The Hall–Kier alpha value is -3.09. The summed E-state index contributed by atoms with van der Waals surface area (Å²) in [5.41, 5.74) is 0.993. The smallest absolute Gasteiger partial charge is 0.272 e. The van der Waals surface area contributed by atoms with Crippen molar-refractivity contribution in [1.29, 1.82) is 0 Å². The molecular formula is C28H37N3O4. The van der Waals surface area contributed by atoms with Gasteiger partial charge in [-0.2, -0.15) is 0 Å². The zero-order chi connectivity index (χ0) is 24.6. The molecule has 0 radical (unpaired) electrons. The Morgan fingerprint density at radius 3 is 2.57 bits per heavy atom. The van der Waals surface area contributed by atoms with Gasteiger partial charge in [-0.05, 0) is 57.2 Å². The van der Waals surface area contributed by atoms with E-state index in [0.29, 0.717) is 36.0 Å². The minimum absolute atomic E-state index is 0.0148. The SMILES string of the molecule is CCN1CCCCCCN(C(=O)c2cccc(OC)n2)[C@@H]2CCCC[C@@H]2Oc2ccccc2C1=O. The molecule has 1 fully saturated rings. The van der Waals surface area contributed by atoms with E-state index in [0.717, 1.165) is 57.9 Å². The van der Waals surface area contributed by atoms with Gasteiger partial charge in [0.25, 0.3) is 11.8 Å². The van der Waals surface area contributed by atoms with E-state index in [1.165, 1.54) is 0 Å². The number of aromatic nitrogens is 1. The minimum Gasteiger partial charge on any atom is -0.487 e. The van der Waals surface area contributed by atoms with Crippen molar-refractivity contribution >= 4 is 11.8 Å². The fraction of sp³-hybridized carbons (Fsp3) is 0.536. The predicted octanol–water partition coefficient (Wildman–Crippen LogP) is 4.96. The topological polar surface area (TPSA) is 72.0 Å². The quantitative estimate of drug-likeness (QED) is 0.622. The van der Waals surface area contributed by atoms with Gasteiger partial charge in [-0.1, -0.05) is 37.5 Å². The minimum atomic E-state index is -0.176. The number of pyridine rings is 1. The van der Waals surface area contributed by atoms with E-state index in [1.807, 2.05) is 41.0 Å². The Labute approximate surface area is 208 Å². The van der Waals surface area contributed by atoms with Gasteiger partial charge in [-0.3, -0.25) is 9.59 Å². The second kappa shape index (κ2) is 12.0. The molecule has 188 valence electrons. The van der Waals surface area contributed by atoms with Gasteiger partial charge in [0.1, 0.15) is 17.5 Å². The van der Waals surface area contributed by atoms with Crippen LogP contribution in [-0.2, 0) is 0 Å². The van der Waals surface area contributed by atoms with Crippen LogP contribution in [0.25, 0.3) is 0 Å². The van der Waals surface area contributed by atoms with Crippen molar-refractivity contribution in [2.75, 3.05) is 26.7 Å². The van der Waals surface area contributed by atoms with E-state index in [9.17, 15) is 9.59 Å². The average Bonchev–Trinajstić information content (AvgIpc) is 2.90. The van der Waals surface area contributed by atoms with Gasteiger partial charge in [-0.15, -0.1) is 0 Å². The molecule has 0 N–H and O–H groups in total. The van der Waals surface area contributed by atoms with Gasteiger partial charge in [-0.25, -0.2) is 4.98 Å². The lowest BCUT2D eigenvalue weighted by Gasteiger charge is -2.40. The number of methoxy groups -OCH3 is 1. The van der Waals surface area contributed by atoms with E-state index in [4.69, 9.17) is 9.47 Å². The van der Waals surface area contributed by atoms with Crippen molar-refractivity contribution in [1.82, 2.24) is 14.8 Å². The number of benzene rings is 1. The zero-order valence-corrected chi connectivity index (χ0v) is 20.9. The van der Waals surface area contributed by atoms with Crippen molar-refractivity contribution in [2.24, 2.45) is 0 Å². The molecule has 2 amide bonds. The van der Waals surface area contributed by atoms with E-state index in [1.54, 1.807) is 25.3 Å². The summed E-state index contributed by atoms with van der Waals surface area (Å²) in [5.74, 6) is 0.971. The van der Waals surface area contributed by atoms with Gasteiger partial charge in [0, 0.05) is 25.7 Å². The maximum Gasteiger partial charge on any atom is 0.272 e. The highest BCUT2D eigenvalue weighted by atomic mass is 16.5. The van der Waals surface area contributed by atoms with Crippen LogP contribution in [0.3, 0.4) is 0 Å². The van der Waals surface area contributed by atoms with E-state index >= 15 is 0 Å². The molecule has 2 aromatic rings. The lowest BCUT2D eigenvalue weighted by molar-refractivity contribution is 0.0262. The van der Waals surface area contributed by atoms with Gasteiger partial charge >= 0.3 is 0 Å². The van der Waals surface area contributed by atoms with Gasteiger partial charge in [0.15, 0.2) is 0 Å². The Morgan fingerprint density at radius 2 is 1.77 bits per heavy atom. The summed E-state index contributed by atoms with van der Waals surface area (Å²) in [6, 6.07) is 12.8. The first-order valence-electron chi connectivity index (χ1n) is 13.0. The Bertz CT molecular complexity index is 1010. The summed E-state index contributed by atoms with van der Waals surface area (Å²) in [6.45, 7) is 4.10. The van der Waals surface area contributed by atoms with Gasteiger partial charge < -0.3 is 19.3 Å². The van der Waals surface area contributed by atoms with Gasteiger partial charge in [0.2, 0.25) is 5.88 Å². The highest BCUT2D eigenvalue weighted by molar-refractivity contribution is 5.97. The summed E-state index contributed by atoms with van der Waals surface area (Å²) < 4.78 is 11.8. The number of nitrogens with zero attached hydrogens (tertiary/aromatic N) is 3. The largest absolute Gasteiger partial charge is 0.487 e. The van der Waals surface area contributed by atoms with Crippen molar-refractivity contribution < 1.29 is 19.1 Å². The van der Waals surface area contributed by atoms with Crippen LogP contribution < -0.4 is 9.47 Å². The first-order chi connectivity index (χ1) is 17.1. The molecule has 1 aromatic heterocycles. The lowest BCUT2D eigenvalue weighted by Crippen LogP contribution is -2.51. The molecule has 35 heavy (non-hydrogen) atoms. The molecule has 7 heteroatoms. The maximum absolute atomic E-state index is 13.7. The van der Waals surface area contributed by atoms with Crippen molar-refractivity contribution in [3.05, 3.63) is 53.7 Å². The maximum atomic E-state index is 13.7. The summed E-state index contributed by atoms with van der Waals surface area (Å²) in [4.78, 5) is 35.4. The first-order valence-corrected chi connectivity index (χ1v) is 13.0. The second-order valence-corrected chi connectivity index (χ2v) is 9.37. The van der Waals surface area contributed by atoms with Crippen molar-refractivity contribution in [3.63, 3.8) is 0 Å². The molecule has 2 atom stereocenters. The first kappa shape index (κ1) is 25.0. The van der Waals surface area contributed by atoms with Crippen LogP contribution in [0.15, 0.2) is 42.5 Å². The number of hydrogen-bond donors (Lipinski definition) is 0. The third-order valence-electron chi connectivity index (χ3n) is 7.12. The second-order valence-electron chi connectivity index (χ2n) is 9.37. The van der Waals surface area contributed by atoms with Crippen LogP contribution >= 0.6 is 0 Å². The number of fused-ring (bicyclic) bond motifs is 2. The summed E-state index contributed by atoms with van der Waals surface area (Å²) in [6.07, 6.45) is 7.52. The molecule has 1 aromatic carbocycles. The molecule has 0 unspecified atom stereocenters. The molecule has 7 nitrogen and oxygen atoms in total. The molecule has 0 saturated heterocycles. The number of carbonyl (C=O) groups excluding carboxylic acids is 2. The van der Waals surface area contributed by atoms with Crippen molar-refractivity contribution in [3.8, 4) is 11.6 Å². The summed E-state index contributed by atoms with van der Waals surface area (Å²) in [7, 11) is 1.56. The molecule has 1 aliphatic heterocycles. The molecular weight excluding hydrogens is 442 g/mol. The standard InChI is InChI=1S/C28H37N3O4/c1-3-30-19-10-4-5-11-20-31(28(33)22-14-12-18-26(29-22)34-2)23-15-7-9-17-25(23)35-24-16-8-6-13-21(24)27(30)32/h6,8,12-14,16,18,23,25H,3-5,7,9-11,15,17,19-20H2,1-2H3/t23-,25+/m1/s1. The summed E-state index contributed by atoms with van der Waals surface area (Å²) >= 11 is 0. The van der Waals surface area contributed by atoms with E-state index in [2.05, 4.69) is 4.98 Å². The zero-order valence-electron chi connectivity index (χ0n) is 20.9. The number of hydrogen-bond acceptors (Lipinski definition) is 5. The third-order valence-corrected chi connectivity index (χ3v) is 7.12. The average molecular weight is 480 g/mol. The molecule has 0 spiro atoms. The highest BCUT2D eigenvalue weighted by Gasteiger charge is 2.36. The normalized spacial score (nSPS) is 21.8. The van der Waals surface area contributed by atoms with E-state index < -0.39 is 0 Å². The molecule has 0 bridgehead atoms. The predicted molar refractivity (Wildman–Crippen MR) is 135 cm³/mol. The van der Waals surface area contributed by atoms with Crippen molar-refractivity contribution in [2.45, 2.75) is 70.4 Å². The molecule has 4 rings (SSSR count). The Balaban J connectivity index is 1.68. The Morgan fingerprint density at radius 1 is 1.00 bits per heavy atom.